The molecule has 0 amide bonds. The van der Waals surface area contributed by atoms with Crippen LogP contribution in [0.15, 0.2) is 53.1 Å². The Hall–Kier alpha value is -2.94. The summed E-state index contributed by atoms with van der Waals surface area (Å²) in [4.78, 5) is 4.29. The van der Waals surface area contributed by atoms with Crippen LogP contribution in [0, 0.1) is 6.92 Å². The summed E-state index contributed by atoms with van der Waals surface area (Å²) in [5, 5.41) is 9.82. The van der Waals surface area contributed by atoms with Crippen molar-refractivity contribution >= 4 is 23.0 Å². The van der Waals surface area contributed by atoms with Gasteiger partial charge in [-0.3, -0.25) is 0 Å². The van der Waals surface area contributed by atoms with Crippen LogP contribution in [0.25, 0.3) is 11.4 Å². The van der Waals surface area contributed by atoms with Crippen molar-refractivity contribution in [3.05, 3.63) is 65.5 Å². The monoisotopic (exact) mass is 392 g/mol. The molecular formula is C18H15F3N4OS. The summed E-state index contributed by atoms with van der Waals surface area (Å²) in [6.07, 6.45) is -4.37. The third-order valence-corrected chi connectivity index (χ3v) is 3.86. The van der Waals surface area contributed by atoms with E-state index in [0.29, 0.717) is 17.4 Å². The van der Waals surface area contributed by atoms with E-state index in [9.17, 15) is 13.2 Å². The van der Waals surface area contributed by atoms with Crippen LogP contribution < -0.4 is 10.6 Å². The van der Waals surface area contributed by atoms with Gasteiger partial charge in [0, 0.05) is 11.3 Å². The third kappa shape index (κ3) is 5.04. The molecule has 0 aliphatic heterocycles. The second-order valence-corrected chi connectivity index (χ2v) is 6.17. The zero-order valence-corrected chi connectivity index (χ0v) is 15.0. The fourth-order valence-electron chi connectivity index (χ4n) is 2.30. The maximum Gasteiger partial charge on any atom is 0.416 e. The first-order valence-electron chi connectivity index (χ1n) is 7.93. The van der Waals surface area contributed by atoms with E-state index in [1.807, 2.05) is 31.2 Å². The maximum absolute atomic E-state index is 12.6. The highest BCUT2D eigenvalue weighted by atomic mass is 32.1. The van der Waals surface area contributed by atoms with E-state index >= 15 is 0 Å². The molecule has 140 valence electrons. The topological polar surface area (TPSA) is 63.0 Å². The van der Waals surface area contributed by atoms with Crippen LogP contribution in [0.1, 0.15) is 17.0 Å². The lowest BCUT2D eigenvalue weighted by atomic mass is 10.1. The first-order valence-corrected chi connectivity index (χ1v) is 8.34. The Labute approximate surface area is 158 Å². The molecule has 0 unspecified atom stereocenters. The van der Waals surface area contributed by atoms with E-state index in [4.69, 9.17) is 16.7 Å². The standard InChI is InChI=1S/C18H15F3N4OS/c1-11-3-2-4-12(9-11)16-24-15(26-25-16)10-22-17(27)23-14-7-5-13(6-8-14)18(19,20)21/h2-9H,10H2,1H3,(H2,22,23,27). The van der Waals surface area contributed by atoms with Gasteiger partial charge >= 0.3 is 6.18 Å². The normalized spacial score (nSPS) is 11.3. The van der Waals surface area contributed by atoms with Crippen molar-refractivity contribution in [1.29, 1.82) is 0 Å². The molecule has 1 heterocycles. The van der Waals surface area contributed by atoms with Crippen molar-refractivity contribution in [2.75, 3.05) is 5.32 Å². The van der Waals surface area contributed by atoms with Gasteiger partial charge in [0.15, 0.2) is 5.11 Å². The van der Waals surface area contributed by atoms with Crippen molar-refractivity contribution in [2.24, 2.45) is 0 Å². The van der Waals surface area contributed by atoms with Gasteiger partial charge in [-0.1, -0.05) is 28.9 Å². The van der Waals surface area contributed by atoms with Gasteiger partial charge in [-0.15, -0.1) is 0 Å². The van der Waals surface area contributed by atoms with Crippen molar-refractivity contribution < 1.29 is 17.7 Å². The van der Waals surface area contributed by atoms with E-state index in [1.54, 1.807) is 0 Å². The van der Waals surface area contributed by atoms with Crippen LogP contribution in [-0.2, 0) is 12.7 Å². The molecule has 0 aliphatic rings. The number of alkyl halides is 3. The molecule has 3 rings (SSSR count). The van der Waals surface area contributed by atoms with E-state index < -0.39 is 11.7 Å². The van der Waals surface area contributed by atoms with E-state index in [2.05, 4.69) is 20.8 Å². The number of thiocarbonyl (C=S) groups is 1. The second-order valence-electron chi connectivity index (χ2n) is 5.76. The van der Waals surface area contributed by atoms with E-state index in [0.717, 1.165) is 23.3 Å². The fourth-order valence-corrected chi connectivity index (χ4v) is 2.49. The molecular weight excluding hydrogens is 377 g/mol. The van der Waals surface area contributed by atoms with Crippen LogP contribution in [0.2, 0.25) is 0 Å². The number of aromatic nitrogens is 2. The van der Waals surface area contributed by atoms with Crippen LogP contribution in [0.4, 0.5) is 18.9 Å². The molecule has 0 atom stereocenters. The van der Waals surface area contributed by atoms with Gasteiger partial charge in [-0.25, -0.2) is 0 Å². The predicted molar refractivity (Wildman–Crippen MR) is 99.0 cm³/mol. The Morgan fingerprint density at radius 1 is 1.15 bits per heavy atom. The molecule has 3 aromatic rings. The molecule has 5 nitrogen and oxygen atoms in total. The zero-order chi connectivity index (χ0) is 19.4. The Morgan fingerprint density at radius 2 is 1.89 bits per heavy atom. The third-order valence-electron chi connectivity index (χ3n) is 3.61. The summed E-state index contributed by atoms with van der Waals surface area (Å²) < 4.78 is 42.8. The minimum Gasteiger partial charge on any atom is -0.353 e. The van der Waals surface area contributed by atoms with Crippen LogP contribution >= 0.6 is 12.2 Å². The van der Waals surface area contributed by atoms with Gasteiger partial charge in [0.2, 0.25) is 11.7 Å². The maximum atomic E-state index is 12.6. The summed E-state index contributed by atoms with van der Waals surface area (Å²) in [5.74, 6) is 0.806. The smallest absolute Gasteiger partial charge is 0.353 e. The first kappa shape index (κ1) is 18.8. The van der Waals surface area contributed by atoms with Gasteiger partial charge in [0.1, 0.15) is 0 Å². The number of halogens is 3. The average molecular weight is 392 g/mol. The minimum atomic E-state index is -4.37. The van der Waals surface area contributed by atoms with E-state index in [1.165, 1.54) is 12.1 Å². The molecule has 0 spiro atoms. The Kier molecular flexibility index (Phi) is 5.41. The number of nitrogens with one attached hydrogen (secondary N) is 2. The SMILES string of the molecule is Cc1cccc(-c2noc(CNC(=S)Nc3ccc(C(F)(F)F)cc3)n2)c1. The Morgan fingerprint density at radius 3 is 2.56 bits per heavy atom. The van der Waals surface area contributed by atoms with Crippen LogP contribution in [0.5, 0.6) is 0 Å². The molecule has 0 fully saturated rings. The van der Waals surface area contributed by atoms with Crippen molar-refractivity contribution in [3.63, 3.8) is 0 Å². The van der Waals surface area contributed by atoms with Gasteiger partial charge < -0.3 is 15.2 Å². The highest BCUT2D eigenvalue weighted by Gasteiger charge is 2.29. The molecule has 0 saturated carbocycles. The highest BCUT2D eigenvalue weighted by molar-refractivity contribution is 7.80. The lowest BCUT2D eigenvalue weighted by molar-refractivity contribution is -0.137. The molecule has 2 N–H and O–H groups in total. The average Bonchev–Trinajstić information content (AvgIpc) is 3.09. The predicted octanol–water partition coefficient (Wildman–Crippen LogP) is 4.55. The van der Waals surface area contributed by atoms with Crippen LogP contribution in [-0.4, -0.2) is 15.3 Å². The lowest BCUT2D eigenvalue weighted by Gasteiger charge is -2.10. The molecule has 0 saturated heterocycles. The molecule has 0 radical (unpaired) electrons. The number of aryl methyl sites for hydroxylation is 1. The Bertz CT molecular complexity index is 938. The summed E-state index contributed by atoms with van der Waals surface area (Å²) in [7, 11) is 0. The number of hydrogen-bond donors (Lipinski definition) is 2. The summed E-state index contributed by atoms with van der Waals surface area (Å²) in [5.41, 5.74) is 1.64. The van der Waals surface area contributed by atoms with Crippen molar-refractivity contribution in [3.8, 4) is 11.4 Å². The molecule has 27 heavy (non-hydrogen) atoms. The number of benzene rings is 2. The Balaban J connectivity index is 1.55. The molecule has 1 aromatic heterocycles. The number of rotatable bonds is 4. The van der Waals surface area contributed by atoms with Gasteiger partial charge in [0.05, 0.1) is 12.1 Å². The quantitative estimate of drug-likeness (QED) is 0.635. The minimum absolute atomic E-state index is 0.186. The number of nitrogens with zero attached hydrogens (tertiary/aromatic N) is 2. The van der Waals surface area contributed by atoms with Crippen LogP contribution in [0.3, 0.4) is 0 Å². The zero-order valence-electron chi connectivity index (χ0n) is 14.2. The van der Waals surface area contributed by atoms with Crippen molar-refractivity contribution in [1.82, 2.24) is 15.5 Å². The first-order chi connectivity index (χ1) is 12.8. The molecule has 9 heteroatoms. The summed E-state index contributed by atoms with van der Waals surface area (Å²) in [6.45, 7) is 2.16. The number of anilines is 1. The molecule has 0 bridgehead atoms. The van der Waals surface area contributed by atoms with Crippen molar-refractivity contribution in [2.45, 2.75) is 19.6 Å². The van der Waals surface area contributed by atoms with Gasteiger partial charge in [-0.05, 0) is 49.5 Å². The van der Waals surface area contributed by atoms with Gasteiger partial charge in [0.25, 0.3) is 0 Å². The van der Waals surface area contributed by atoms with E-state index in [-0.39, 0.29) is 11.7 Å². The largest absolute Gasteiger partial charge is 0.416 e. The molecule has 2 aromatic carbocycles. The second kappa shape index (κ2) is 7.75. The number of hydrogen-bond acceptors (Lipinski definition) is 4. The highest BCUT2D eigenvalue weighted by Crippen LogP contribution is 2.29. The molecule has 0 aliphatic carbocycles. The fraction of sp³-hybridized carbons (Fsp3) is 0.167. The summed E-state index contributed by atoms with van der Waals surface area (Å²) >= 11 is 5.12. The lowest BCUT2D eigenvalue weighted by Crippen LogP contribution is -2.28. The summed E-state index contributed by atoms with van der Waals surface area (Å²) in [6, 6.07) is 12.3. The van der Waals surface area contributed by atoms with Gasteiger partial charge in [-0.2, -0.15) is 18.2 Å².